The molecule has 0 heterocycles. The van der Waals surface area contributed by atoms with Crippen LogP contribution >= 0.6 is 0 Å². The molecule has 1 unspecified atom stereocenters. The number of nitrogens with two attached hydrogens (primary N) is 1. The molecule has 20 heavy (non-hydrogen) atoms. The van der Waals surface area contributed by atoms with Crippen LogP contribution in [0.2, 0.25) is 0 Å². The second kappa shape index (κ2) is 6.87. The Hall–Kier alpha value is -2.13. The van der Waals surface area contributed by atoms with Gasteiger partial charge in [0.25, 0.3) is 0 Å². The smallest absolute Gasteiger partial charge is 0.241 e. The molecular formula is C17H20N2O. The predicted octanol–water partition coefficient (Wildman–Crippen LogP) is 2.89. The summed E-state index contributed by atoms with van der Waals surface area (Å²) in [5.74, 6) is -0.134. The number of aryl methyl sites for hydroxylation is 2. The molecule has 0 fully saturated rings. The van der Waals surface area contributed by atoms with Crippen molar-refractivity contribution in [2.24, 2.45) is 5.73 Å². The molecule has 3 heteroatoms. The van der Waals surface area contributed by atoms with E-state index in [1.807, 2.05) is 61.5 Å². The van der Waals surface area contributed by atoms with Crippen molar-refractivity contribution < 1.29 is 4.79 Å². The van der Waals surface area contributed by atoms with Crippen LogP contribution in [-0.4, -0.2) is 11.9 Å². The minimum Gasteiger partial charge on any atom is -0.325 e. The summed E-state index contributed by atoms with van der Waals surface area (Å²) < 4.78 is 0. The molecule has 3 N–H and O–H groups in total. The molecule has 2 aromatic rings. The highest BCUT2D eigenvalue weighted by Crippen LogP contribution is 2.10. The van der Waals surface area contributed by atoms with Crippen molar-refractivity contribution >= 4 is 11.6 Å². The monoisotopic (exact) mass is 268 g/mol. The molecule has 0 spiro atoms. The second-order valence-electron chi connectivity index (χ2n) is 4.99. The summed E-state index contributed by atoms with van der Waals surface area (Å²) in [5, 5.41) is 2.84. The van der Waals surface area contributed by atoms with E-state index in [0.29, 0.717) is 6.42 Å². The van der Waals surface area contributed by atoms with E-state index >= 15 is 0 Å². The highest BCUT2D eigenvalue weighted by atomic mass is 16.2. The molecular weight excluding hydrogens is 248 g/mol. The number of hydrogen-bond donors (Lipinski definition) is 2. The lowest BCUT2D eigenvalue weighted by Crippen LogP contribution is -2.36. The number of carbonyl (C=O) groups excluding carboxylic acids is 1. The first-order valence-corrected chi connectivity index (χ1v) is 6.82. The van der Waals surface area contributed by atoms with Gasteiger partial charge in [0.2, 0.25) is 5.91 Å². The van der Waals surface area contributed by atoms with Crippen LogP contribution in [0.25, 0.3) is 0 Å². The molecule has 2 rings (SSSR count). The largest absolute Gasteiger partial charge is 0.325 e. The van der Waals surface area contributed by atoms with E-state index in [2.05, 4.69) is 5.32 Å². The lowest BCUT2D eigenvalue weighted by molar-refractivity contribution is -0.117. The summed E-state index contributed by atoms with van der Waals surface area (Å²) >= 11 is 0. The van der Waals surface area contributed by atoms with E-state index in [0.717, 1.165) is 17.7 Å². The van der Waals surface area contributed by atoms with Gasteiger partial charge in [-0.3, -0.25) is 4.79 Å². The van der Waals surface area contributed by atoms with Gasteiger partial charge in [-0.15, -0.1) is 0 Å². The summed E-state index contributed by atoms with van der Waals surface area (Å²) in [6.07, 6.45) is 1.45. The first-order chi connectivity index (χ1) is 9.65. The average Bonchev–Trinajstić information content (AvgIpc) is 2.48. The zero-order valence-corrected chi connectivity index (χ0v) is 11.7. The number of nitrogens with one attached hydrogen (secondary N) is 1. The average molecular weight is 268 g/mol. The second-order valence-corrected chi connectivity index (χ2v) is 4.99. The highest BCUT2D eigenvalue weighted by Gasteiger charge is 2.13. The van der Waals surface area contributed by atoms with Crippen molar-refractivity contribution in [2.75, 3.05) is 5.32 Å². The minimum atomic E-state index is -0.489. The van der Waals surface area contributed by atoms with Gasteiger partial charge >= 0.3 is 0 Å². The topological polar surface area (TPSA) is 55.1 Å². The molecule has 0 bridgehead atoms. The fourth-order valence-electron chi connectivity index (χ4n) is 1.97. The standard InChI is InChI=1S/C17H20N2O/c1-13-7-10-15(11-8-13)19-17(20)16(18)12-9-14-5-3-2-4-6-14/h2-8,10-11,16H,9,12,18H2,1H3,(H,19,20). The van der Waals surface area contributed by atoms with Crippen molar-refractivity contribution in [3.8, 4) is 0 Å². The van der Waals surface area contributed by atoms with Gasteiger partial charge in [-0.05, 0) is 37.5 Å². The van der Waals surface area contributed by atoms with Crippen LogP contribution in [0, 0.1) is 6.92 Å². The highest BCUT2D eigenvalue weighted by molar-refractivity contribution is 5.94. The Morgan fingerprint density at radius 1 is 1.10 bits per heavy atom. The van der Waals surface area contributed by atoms with Crippen molar-refractivity contribution in [1.82, 2.24) is 0 Å². The maximum Gasteiger partial charge on any atom is 0.241 e. The normalized spacial score (nSPS) is 11.9. The molecule has 0 aliphatic carbocycles. The molecule has 0 aromatic heterocycles. The van der Waals surface area contributed by atoms with Crippen LogP contribution < -0.4 is 11.1 Å². The molecule has 3 nitrogen and oxygen atoms in total. The van der Waals surface area contributed by atoms with Crippen molar-refractivity contribution in [2.45, 2.75) is 25.8 Å². The maximum atomic E-state index is 12.0. The van der Waals surface area contributed by atoms with Crippen molar-refractivity contribution in [3.05, 3.63) is 65.7 Å². The molecule has 0 aliphatic heterocycles. The summed E-state index contributed by atoms with van der Waals surface area (Å²) in [6.45, 7) is 2.01. The van der Waals surface area contributed by atoms with E-state index in [1.54, 1.807) is 0 Å². The SMILES string of the molecule is Cc1ccc(NC(=O)C(N)CCc2ccccc2)cc1. The third-order valence-electron chi connectivity index (χ3n) is 3.24. The number of anilines is 1. The first kappa shape index (κ1) is 14.3. The fourth-order valence-corrected chi connectivity index (χ4v) is 1.97. The van der Waals surface area contributed by atoms with Gasteiger partial charge in [0.15, 0.2) is 0 Å². The van der Waals surface area contributed by atoms with E-state index in [-0.39, 0.29) is 5.91 Å². The summed E-state index contributed by atoms with van der Waals surface area (Å²) in [7, 11) is 0. The van der Waals surface area contributed by atoms with E-state index in [4.69, 9.17) is 5.73 Å². The maximum absolute atomic E-state index is 12.0. The molecule has 2 aromatic carbocycles. The third-order valence-corrected chi connectivity index (χ3v) is 3.24. The Morgan fingerprint density at radius 2 is 1.75 bits per heavy atom. The van der Waals surface area contributed by atoms with Gasteiger partial charge in [0, 0.05) is 5.69 Å². The molecule has 1 atom stereocenters. The van der Waals surface area contributed by atoms with Gasteiger partial charge in [-0.1, -0.05) is 48.0 Å². The van der Waals surface area contributed by atoms with Gasteiger partial charge in [-0.2, -0.15) is 0 Å². The van der Waals surface area contributed by atoms with E-state index in [9.17, 15) is 4.79 Å². The van der Waals surface area contributed by atoms with Gasteiger partial charge in [-0.25, -0.2) is 0 Å². The number of rotatable bonds is 5. The van der Waals surface area contributed by atoms with Crippen molar-refractivity contribution in [1.29, 1.82) is 0 Å². The quantitative estimate of drug-likeness (QED) is 0.876. The van der Waals surface area contributed by atoms with Gasteiger partial charge < -0.3 is 11.1 Å². The number of hydrogen-bond acceptors (Lipinski definition) is 2. The summed E-state index contributed by atoms with van der Waals surface area (Å²) in [4.78, 5) is 12.0. The summed E-state index contributed by atoms with van der Waals surface area (Å²) in [6, 6.07) is 17.3. The predicted molar refractivity (Wildman–Crippen MR) is 82.5 cm³/mol. The Morgan fingerprint density at radius 3 is 2.40 bits per heavy atom. The van der Waals surface area contributed by atoms with E-state index < -0.39 is 6.04 Å². The van der Waals surface area contributed by atoms with Gasteiger partial charge in [0.1, 0.15) is 0 Å². The van der Waals surface area contributed by atoms with Crippen molar-refractivity contribution in [3.63, 3.8) is 0 Å². The number of benzene rings is 2. The molecule has 0 saturated carbocycles. The molecule has 0 aliphatic rings. The Balaban J connectivity index is 1.84. The Bertz CT molecular complexity index is 549. The minimum absolute atomic E-state index is 0.134. The zero-order valence-electron chi connectivity index (χ0n) is 11.7. The first-order valence-electron chi connectivity index (χ1n) is 6.82. The molecule has 0 saturated heterocycles. The lowest BCUT2D eigenvalue weighted by Gasteiger charge is -2.12. The van der Waals surface area contributed by atoms with Crippen LogP contribution in [0.1, 0.15) is 17.5 Å². The molecule has 0 radical (unpaired) electrons. The Kier molecular flexibility index (Phi) is 4.91. The molecule has 104 valence electrons. The van der Waals surface area contributed by atoms with E-state index in [1.165, 1.54) is 5.56 Å². The third kappa shape index (κ3) is 4.21. The Labute approximate surface area is 119 Å². The number of amides is 1. The van der Waals surface area contributed by atoms with Crippen LogP contribution in [0.5, 0.6) is 0 Å². The van der Waals surface area contributed by atoms with Gasteiger partial charge in [0.05, 0.1) is 6.04 Å². The fraction of sp³-hybridized carbons (Fsp3) is 0.235. The van der Waals surface area contributed by atoms with Crippen LogP contribution in [-0.2, 0) is 11.2 Å². The molecule has 1 amide bonds. The van der Waals surface area contributed by atoms with Crippen LogP contribution in [0.3, 0.4) is 0 Å². The summed E-state index contributed by atoms with van der Waals surface area (Å²) in [5.41, 5.74) is 9.08. The lowest BCUT2D eigenvalue weighted by atomic mass is 10.1. The zero-order chi connectivity index (χ0) is 14.4. The number of carbonyl (C=O) groups is 1. The van der Waals surface area contributed by atoms with Crippen LogP contribution in [0.15, 0.2) is 54.6 Å². The van der Waals surface area contributed by atoms with Crippen LogP contribution in [0.4, 0.5) is 5.69 Å².